The molecule has 5 rings (SSSR count). The maximum absolute atomic E-state index is 12.9. The number of imidazole rings is 1. The maximum Gasteiger partial charge on any atom is 0.207 e. The second-order valence-corrected chi connectivity index (χ2v) is 6.94. The highest BCUT2D eigenvalue weighted by molar-refractivity contribution is 7.17. The number of thiophene rings is 1. The Hall–Kier alpha value is -2.99. The van der Waals surface area contributed by atoms with Gasteiger partial charge in [-0.2, -0.15) is 0 Å². The lowest BCUT2D eigenvalue weighted by atomic mass is 10.1. The molecule has 0 unspecified atom stereocenters. The molecular formula is C19H14N4OS. The molecule has 1 atom stereocenters. The van der Waals surface area contributed by atoms with Gasteiger partial charge in [-0.15, -0.1) is 11.3 Å². The SMILES string of the molecule is C[C@@H]1N=C(c2csc3ccccc23)Nc2nc3ccccn3c2C1=O. The van der Waals surface area contributed by atoms with Crippen molar-refractivity contribution in [2.45, 2.75) is 13.0 Å². The molecule has 5 nitrogen and oxygen atoms in total. The standard InChI is InChI=1S/C19H14N4OS/c1-11-17(24)16-19(21-15-8-4-5-9-23(15)16)22-18(20-11)13-10-25-14-7-3-2-6-12(13)14/h2-11H,1H3,(H,20,22)/t11-/m0/s1. The lowest BCUT2D eigenvalue weighted by Crippen LogP contribution is -2.17. The topological polar surface area (TPSA) is 58.8 Å². The van der Waals surface area contributed by atoms with Crippen molar-refractivity contribution in [2.75, 3.05) is 5.32 Å². The molecule has 0 fully saturated rings. The quantitative estimate of drug-likeness (QED) is 0.567. The van der Waals surface area contributed by atoms with Gasteiger partial charge in [0, 0.05) is 27.2 Å². The highest BCUT2D eigenvalue weighted by atomic mass is 32.1. The van der Waals surface area contributed by atoms with Crippen molar-refractivity contribution in [1.82, 2.24) is 9.38 Å². The summed E-state index contributed by atoms with van der Waals surface area (Å²) in [5, 5.41) is 6.52. The monoisotopic (exact) mass is 346 g/mol. The van der Waals surface area contributed by atoms with Crippen LogP contribution in [-0.4, -0.2) is 27.0 Å². The predicted molar refractivity (Wildman–Crippen MR) is 101 cm³/mol. The van der Waals surface area contributed by atoms with Crippen LogP contribution in [0.5, 0.6) is 0 Å². The van der Waals surface area contributed by atoms with Crippen LogP contribution in [0.1, 0.15) is 23.0 Å². The van der Waals surface area contributed by atoms with Crippen LogP contribution in [0.25, 0.3) is 15.7 Å². The first-order valence-electron chi connectivity index (χ1n) is 8.05. The van der Waals surface area contributed by atoms with Gasteiger partial charge in [-0.05, 0) is 25.1 Å². The number of aromatic nitrogens is 2. The highest BCUT2D eigenvalue weighted by Crippen LogP contribution is 2.29. The number of nitrogens with one attached hydrogen (secondary N) is 1. The molecule has 0 amide bonds. The number of amidine groups is 1. The fourth-order valence-electron chi connectivity index (χ4n) is 3.21. The van der Waals surface area contributed by atoms with E-state index in [0.29, 0.717) is 17.3 Å². The molecule has 0 radical (unpaired) electrons. The van der Waals surface area contributed by atoms with Gasteiger partial charge in [-0.25, -0.2) is 4.98 Å². The Labute approximate surface area is 147 Å². The second-order valence-electron chi connectivity index (χ2n) is 6.03. The Balaban J connectivity index is 1.72. The van der Waals surface area contributed by atoms with E-state index in [9.17, 15) is 4.79 Å². The summed E-state index contributed by atoms with van der Waals surface area (Å²) in [6, 6.07) is 13.4. The lowest BCUT2D eigenvalue weighted by Gasteiger charge is -2.06. The summed E-state index contributed by atoms with van der Waals surface area (Å²) in [6.45, 7) is 1.83. The van der Waals surface area contributed by atoms with Crippen molar-refractivity contribution >= 4 is 44.5 Å². The Bertz CT molecular complexity index is 1170. The third-order valence-electron chi connectivity index (χ3n) is 4.44. The van der Waals surface area contributed by atoms with E-state index in [-0.39, 0.29) is 5.78 Å². The third-order valence-corrected chi connectivity index (χ3v) is 5.40. The summed E-state index contributed by atoms with van der Waals surface area (Å²) < 4.78 is 3.02. The van der Waals surface area contributed by atoms with E-state index in [4.69, 9.17) is 0 Å². The zero-order chi connectivity index (χ0) is 17.0. The Morgan fingerprint density at radius 1 is 1.16 bits per heavy atom. The average molecular weight is 346 g/mol. The van der Waals surface area contributed by atoms with Gasteiger partial charge in [0.15, 0.2) is 5.82 Å². The number of anilines is 1. The van der Waals surface area contributed by atoms with Crippen molar-refractivity contribution in [3.8, 4) is 0 Å². The molecule has 0 spiro atoms. The summed E-state index contributed by atoms with van der Waals surface area (Å²) in [5.41, 5.74) is 2.31. The van der Waals surface area contributed by atoms with Gasteiger partial charge in [-0.3, -0.25) is 14.2 Å². The van der Waals surface area contributed by atoms with Crippen LogP contribution in [0.2, 0.25) is 0 Å². The first-order valence-corrected chi connectivity index (χ1v) is 8.93. The fourth-order valence-corrected chi connectivity index (χ4v) is 4.16. The Kier molecular flexibility index (Phi) is 3.02. The van der Waals surface area contributed by atoms with Gasteiger partial charge in [0.1, 0.15) is 23.2 Å². The zero-order valence-corrected chi connectivity index (χ0v) is 14.2. The molecule has 6 heteroatoms. The van der Waals surface area contributed by atoms with E-state index in [2.05, 4.69) is 32.8 Å². The summed E-state index contributed by atoms with van der Waals surface area (Å²) in [4.78, 5) is 22.1. The number of carbonyl (C=O) groups excluding carboxylic acids is 1. The number of ketones is 1. The van der Waals surface area contributed by atoms with Crippen LogP contribution in [0.3, 0.4) is 0 Å². The van der Waals surface area contributed by atoms with E-state index in [1.165, 1.54) is 4.70 Å². The zero-order valence-electron chi connectivity index (χ0n) is 13.4. The van der Waals surface area contributed by atoms with Gasteiger partial charge in [0.2, 0.25) is 5.78 Å². The van der Waals surface area contributed by atoms with Crippen LogP contribution in [0.4, 0.5) is 5.82 Å². The van der Waals surface area contributed by atoms with Gasteiger partial charge < -0.3 is 5.32 Å². The number of Topliss-reactive ketones (excluding diaryl/α,β-unsaturated/α-hetero) is 1. The molecule has 3 aromatic heterocycles. The molecule has 25 heavy (non-hydrogen) atoms. The molecule has 0 saturated carbocycles. The number of aliphatic imine (C=N–C) groups is 1. The van der Waals surface area contributed by atoms with Gasteiger partial charge in [-0.1, -0.05) is 24.3 Å². The van der Waals surface area contributed by atoms with Crippen molar-refractivity contribution in [1.29, 1.82) is 0 Å². The van der Waals surface area contributed by atoms with E-state index >= 15 is 0 Å². The number of nitrogens with zero attached hydrogens (tertiary/aromatic N) is 3. The minimum absolute atomic E-state index is 0.0317. The van der Waals surface area contributed by atoms with E-state index < -0.39 is 6.04 Å². The Morgan fingerprint density at radius 2 is 2.00 bits per heavy atom. The molecule has 4 heterocycles. The summed E-state index contributed by atoms with van der Waals surface area (Å²) in [7, 11) is 0. The number of rotatable bonds is 1. The molecule has 0 aliphatic carbocycles. The molecule has 0 saturated heterocycles. The lowest BCUT2D eigenvalue weighted by molar-refractivity contribution is 0.0965. The average Bonchev–Trinajstić information content (AvgIpc) is 3.18. The maximum atomic E-state index is 12.9. The van der Waals surface area contributed by atoms with Crippen molar-refractivity contribution in [3.05, 3.63) is 65.3 Å². The van der Waals surface area contributed by atoms with Crippen molar-refractivity contribution in [2.24, 2.45) is 4.99 Å². The number of hydrogen-bond acceptors (Lipinski definition) is 5. The Morgan fingerprint density at radius 3 is 2.92 bits per heavy atom. The minimum atomic E-state index is -0.470. The van der Waals surface area contributed by atoms with E-state index in [0.717, 1.165) is 16.6 Å². The minimum Gasteiger partial charge on any atom is -0.323 e. The van der Waals surface area contributed by atoms with Gasteiger partial charge in [0.05, 0.1) is 0 Å². The fraction of sp³-hybridized carbons (Fsp3) is 0.105. The largest absolute Gasteiger partial charge is 0.323 e. The first-order chi connectivity index (χ1) is 12.2. The van der Waals surface area contributed by atoms with Crippen molar-refractivity contribution < 1.29 is 4.79 Å². The predicted octanol–water partition coefficient (Wildman–Crippen LogP) is 3.99. The van der Waals surface area contributed by atoms with Crippen molar-refractivity contribution in [3.63, 3.8) is 0 Å². The summed E-state index contributed by atoms with van der Waals surface area (Å²) in [5.74, 6) is 1.23. The number of hydrogen-bond donors (Lipinski definition) is 1. The van der Waals surface area contributed by atoms with E-state index in [1.54, 1.807) is 11.3 Å². The number of benzene rings is 1. The molecule has 1 aromatic carbocycles. The van der Waals surface area contributed by atoms with Crippen LogP contribution >= 0.6 is 11.3 Å². The molecular weight excluding hydrogens is 332 g/mol. The molecule has 1 aliphatic heterocycles. The number of carbonyl (C=O) groups is 1. The van der Waals surface area contributed by atoms with E-state index in [1.807, 2.05) is 47.9 Å². The smallest absolute Gasteiger partial charge is 0.207 e. The normalized spacial score (nSPS) is 17.2. The molecule has 122 valence electrons. The summed E-state index contributed by atoms with van der Waals surface area (Å²) in [6.07, 6.45) is 1.86. The second kappa shape index (κ2) is 5.26. The number of fused-ring (bicyclic) bond motifs is 4. The van der Waals surface area contributed by atoms with Crippen LogP contribution in [0, 0.1) is 0 Å². The van der Waals surface area contributed by atoms with Crippen LogP contribution < -0.4 is 5.32 Å². The summed E-state index contributed by atoms with van der Waals surface area (Å²) >= 11 is 1.67. The first kappa shape index (κ1) is 14.4. The van der Waals surface area contributed by atoms with Crippen LogP contribution in [-0.2, 0) is 0 Å². The van der Waals surface area contributed by atoms with Gasteiger partial charge >= 0.3 is 0 Å². The van der Waals surface area contributed by atoms with Gasteiger partial charge in [0.25, 0.3) is 0 Å². The highest BCUT2D eigenvalue weighted by Gasteiger charge is 2.28. The number of pyridine rings is 1. The molecule has 1 N–H and O–H groups in total. The third kappa shape index (κ3) is 2.11. The van der Waals surface area contributed by atoms with Crippen LogP contribution in [0.15, 0.2) is 59.0 Å². The molecule has 0 bridgehead atoms. The molecule has 4 aromatic rings. The molecule has 1 aliphatic rings.